The Morgan fingerprint density at radius 1 is 1.48 bits per heavy atom. The third-order valence-electron chi connectivity index (χ3n) is 4.22. The zero-order chi connectivity index (χ0) is 16.4. The van der Waals surface area contributed by atoms with Crippen molar-refractivity contribution in [2.75, 3.05) is 6.61 Å². The first-order valence-corrected chi connectivity index (χ1v) is 8.88. The highest BCUT2D eigenvalue weighted by molar-refractivity contribution is 7.03. The Bertz CT molecular complexity index is 531. The van der Waals surface area contributed by atoms with Gasteiger partial charge in [0, 0.05) is 24.4 Å². The molecule has 128 valence electrons. The summed E-state index contributed by atoms with van der Waals surface area (Å²) >= 11 is 1.34. The molecule has 1 saturated heterocycles. The van der Waals surface area contributed by atoms with Crippen molar-refractivity contribution >= 4 is 17.6 Å². The number of fused-ring (bicyclic) bond motifs is 1. The predicted octanol–water partition coefficient (Wildman–Crippen LogP) is 1.70. The Kier molecular flexibility index (Phi) is 4.84. The van der Waals surface area contributed by atoms with Gasteiger partial charge in [-0.15, -0.1) is 5.10 Å². The van der Waals surface area contributed by atoms with Crippen LogP contribution in [0.15, 0.2) is 5.38 Å². The van der Waals surface area contributed by atoms with E-state index in [-0.39, 0.29) is 24.3 Å². The number of alkyl carbamates (subject to hydrolysis) is 1. The number of carbonyl (C=O) groups excluding carboxylic acids is 1. The van der Waals surface area contributed by atoms with Crippen molar-refractivity contribution in [3.05, 3.63) is 11.1 Å². The number of nitrogens with zero attached hydrogens (tertiary/aromatic N) is 2. The van der Waals surface area contributed by atoms with E-state index in [1.54, 1.807) is 0 Å². The van der Waals surface area contributed by atoms with Crippen LogP contribution in [0.1, 0.15) is 39.3 Å². The van der Waals surface area contributed by atoms with Crippen LogP contribution < -0.4 is 10.6 Å². The molecule has 8 heteroatoms. The summed E-state index contributed by atoms with van der Waals surface area (Å²) < 4.78 is 15.1. The summed E-state index contributed by atoms with van der Waals surface area (Å²) in [5.74, 6) is 0.349. The normalized spacial score (nSPS) is 30.2. The minimum Gasteiger partial charge on any atom is -0.444 e. The molecule has 4 unspecified atom stereocenters. The molecule has 1 aromatic heterocycles. The third kappa shape index (κ3) is 3.99. The summed E-state index contributed by atoms with van der Waals surface area (Å²) in [6.07, 6.45) is 1.89. The van der Waals surface area contributed by atoms with E-state index in [1.165, 1.54) is 11.5 Å². The third-order valence-corrected chi connectivity index (χ3v) is 4.78. The average Bonchev–Trinajstić information content (AvgIpc) is 2.97. The molecule has 1 saturated carbocycles. The van der Waals surface area contributed by atoms with Gasteiger partial charge in [0.05, 0.1) is 23.9 Å². The number of aromatic nitrogens is 2. The lowest BCUT2D eigenvalue weighted by molar-refractivity contribution is -0.128. The van der Waals surface area contributed by atoms with Gasteiger partial charge in [-0.2, -0.15) is 0 Å². The van der Waals surface area contributed by atoms with Crippen LogP contribution in [0.4, 0.5) is 4.79 Å². The van der Waals surface area contributed by atoms with E-state index in [2.05, 4.69) is 20.2 Å². The molecular weight excluding hydrogens is 316 g/mol. The van der Waals surface area contributed by atoms with Crippen LogP contribution in [0.5, 0.6) is 0 Å². The van der Waals surface area contributed by atoms with Crippen molar-refractivity contribution in [3.63, 3.8) is 0 Å². The fourth-order valence-electron chi connectivity index (χ4n) is 3.27. The van der Waals surface area contributed by atoms with Gasteiger partial charge in [0.2, 0.25) is 0 Å². The van der Waals surface area contributed by atoms with Gasteiger partial charge in [0.25, 0.3) is 0 Å². The largest absolute Gasteiger partial charge is 0.444 e. The molecule has 2 aliphatic rings. The standard InChI is InChI=1S/C15H24N4O3S/c1-15(2,3)22-14(20)17-11-10-5-4-6-21-13(10)12(11)16-7-9-8-23-19-18-9/h8,10-13,16H,4-7H2,1-3H3,(H,17,20). The fraction of sp³-hybridized carbons (Fsp3) is 0.800. The first-order valence-electron chi connectivity index (χ1n) is 8.04. The molecule has 1 aliphatic heterocycles. The predicted molar refractivity (Wildman–Crippen MR) is 86.2 cm³/mol. The van der Waals surface area contributed by atoms with Crippen molar-refractivity contribution in [2.24, 2.45) is 5.92 Å². The van der Waals surface area contributed by atoms with Crippen molar-refractivity contribution in [2.45, 2.75) is 63.9 Å². The zero-order valence-corrected chi connectivity index (χ0v) is 14.6. The van der Waals surface area contributed by atoms with E-state index >= 15 is 0 Å². The molecule has 0 bridgehead atoms. The van der Waals surface area contributed by atoms with Gasteiger partial charge < -0.3 is 20.1 Å². The number of rotatable bonds is 4. The fourth-order valence-corrected chi connectivity index (χ4v) is 3.72. The van der Waals surface area contributed by atoms with Gasteiger partial charge >= 0.3 is 6.09 Å². The highest BCUT2D eigenvalue weighted by Gasteiger charge is 2.53. The van der Waals surface area contributed by atoms with Gasteiger partial charge in [-0.1, -0.05) is 4.49 Å². The Morgan fingerprint density at radius 3 is 3.00 bits per heavy atom. The number of nitrogens with one attached hydrogen (secondary N) is 2. The van der Waals surface area contributed by atoms with Gasteiger partial charge in [0.15, 0.2) is 0 Å². The smallest absolute Gasteiger partial charge is 0.407 e. The van der Waals surface area contributed by atoms with Crippen LogP contribution in [-0.4, -0.2) is 46.1 Å². The molecule has 0 radical (unpaired) electrons. The summed E-state index contributed by atoms with van der Waals surface area (Å²) in [5.41, 5.74) is 0.413. The number of carbonyl (C=O) groups is 1. The monoisotopic (exact) mass is 340 g/mol. The second kappa shape index (κ2) is 6.70. The first kappa shape index (κ1) is 16.6. The Balaban J connectivity index is 1.59. The molecule has 1 aliphatic carbocycles. The van der Waals surface area contributed by atoms with Crippen LogP contribution in [0.2, 0.25) is 0 Å². The molecule has 0 spiro atoms. The molecule has 1 aromatic rings. The molecule has 23 heavy (non-hydrogen) atoms. The lowest BCUT2D eigenvalue weighted by Crippen LogP contribution is -2.73. The molecule has 4 atom stereocenters. The summed E-state index contributed by atoms with van der Waals surface area (Å²) in [5, 5.41) is 12.4. The van der Waals surface area contributed by atoms with Crippen molar-refractivity contribution < 1.29 is 14.3 Å². The summed E-state index contributed by atoms with van der Waals surface area (Å²) in [7, 11) is 0. The molecule has 3 rings (SSSR count). The molecular formula is C15H24N4O3S. The molecule has 2 fully saturated rings. The van der Waals surface area contributed by atoms with E-state index in [0.29, 0.717) is 12.5 Å². The molecule has 2 heterocycles. The summed E-state index contributed by atoms with van der Waals surface area (Å²) in [6, 6.07) is 0.108. The van der Waals surface area contributed by atoms with E-state index in [0.717, 1.165) is 25.1 Å². The quantitative estimate of drug-likeness (QED) is 0.868. The van der Waals surface area contributed by atoms with E-state index in [1.807, 2.05) is 26.2 Å². The molecule has 1 amide bonds. The van der Waals surface area contributed by atoms with Crippen molar-refractivity contribution in [1.82, 2.24) is 20.2 Å². The number of ether oxygens (including phenoxy) is 2. The Labute approximate surface area is 140 Å². The number of hydrogen-bond donors (Lipinski definition) is 2. The van der Waals surface area contributed by atoms with Gasteiger partial charge in [0.1, 0.15) is 5.60 Å². The van der Waals surface area contributed by atoms with Crippen LogP contribution >= 0.6 is 11.5 Å². The van der Waals surface area contributed by atoms with Crippen LogP contribution in [-0.2, 0) is 16.0 Å². The lowest BCUT2D eigenvalue weighted by Gasteiger charge is -2.54. The zero-order valence-electron chi connectivity index (χ0n) is 13.7. The minimum atomic E-state index is -0.495. The number of amides is 1. The van der Waals surface area contributed by atoms with Gasteiger partial charge in [-0.05, 0) is 45.1 Å². The molecule has 0 aromatic carbocycles. The second-order valence-electron chi connectivity index (χ2n) is 7.12. The molecule has 2 N–H and O–H groups in total. The topological polar surface area (TPSA) is 85.4 Å². The highest BCUT2D eigenvalue weighted by atomic mass is 32.1. The molecule has 7 nitrogen and oxygen atoms in total. The van der Waals surface area contributed by atoms with E-state index < -0.39 is 5.60 Å². The lowest BCUT2D eigenvalue weighted by atomic mass is 9.68. The second-order valence-corrected chi connectivity index (χ2v) is 7.73. The minimum absolute atomic E-state index is 0.0294. The van der Waals surface area contributed by atoms with Gasteiger partial charge in [-0.3, -0.25) is 0 Å². The Morgan fingerprint density at radius 2 is 2.30 bits per heavy atom. The van der Waals surface area contributed by atoms with Crippen LogP contribution in [0, 0.1) is 5.92 Å². The van der Waals surface area contributed by atoms with Gasteiger partial charge in [-0.25, -0.2) is 4.79 Å². The van der Waals surface area contributed by atoms with Crippen molar-refractivity contribution in [1.29, 1.82) is 0 Å². The average molecular weight is 340 g/mol. The SMILES string of the molecule is CC(C)(C)OC(=O)NC1C2CCCOC2C1NCc1csnn1. The summed E-state index contributed by atoms with van der Waals surface area (Å²) in [4.78, 5) is 12.1. The maximum Gasteiger partial charge on any atom is 0.407 e. The number of hydrogen-bond acceptors (Lipinski definition) is 7. The van der Waals surface area contributed by atoms with E-state index in [4.69, 9.17) is 9.47 Å². The maximum atomic E-state index is 12.1. The maximum absolute atomic E-state index is 12.1. The van der Waals surface area contributed by atoms with E-state index in [9.17, 15) is 4.79 Å². The first-order chi connectivity index (χ1) is 10.9. The Hall–Kier alpha value is -1.25. The van der Waals surface area contributed by atoms with Crippen LogP contribution in [0.25, 0.3) is 0 Å². The summed E-state index contributed by atoms with van der Waals surface area (Å²) in [6.45, 7) is 7.01. The van der Waals surface area contributed by atoms with Crippen LogP contribution in [0.3, 0.4) is 0 Å². The highest BCUT2D eigenvalue weighted by Crippen LogP contribution is 2.38. The van der Waals surface area contributed by atoms with Crippen molar-refractivity contribution in [3.8, 4) is 0 Å².